The third-order valence-electron chi connectivity index (χ3n) is 3.34. The fourth-order valence-corrected chi connectivity index (χ4v) is 2.79. The van der Waals surface area contributed by atoms with Gasteiger partial charge in [-0.2, -0.15) is 0 Å². The molecule has 0 bridgehead atoms. The first-order valence-corrected chi connectivity index (χ1v) is 7.34. The van der Waals surface area contributed by atoms with E-state index in [4.69, 9.17) is 4.74 Å². The first-order valence-electron chi connectivity index (χ1n) is 6.54. The van der Waals surface area contributed by atoms with E-state index in [1.807, 2.05) is 0 Å². The SMILES string of the molecule is COc1ccc(Br)c2c(Nc3ccc(F)c(F)c3F)nccc12. The van der Waals surface area contributed by atoms with Crippen molar-refractivity contribution >= 4 is 38.2 Å². The van der Waals surface area contributed by atoms with Crippen LogP contribution in [0, 0.1) is 17.5 Å². The Kier molecular flexibility index (Phi) is 4.12. The van der Waals surface area contributed by atoms with Crippen LogP contribution in [0.4, 0.5) is 24.7 Å². The van der Waals surface area contributed by atoms with Gasteiger partial charge in [-0.25, -0.2) is 18.2 Å². The van der Waals surface area contributed by atoms with Crippen molar-refractivity contribution in [3.05, 3.63) is 58.5 Å². The van der Waals surface area contributed by atoms with Crippen molar-refractivity contribution in [2.45, 2.75) is 0 Å². The van der Waals surface area contributed by atoms with Crippen molar-refractivity contribution in [1.82, 2.24) is 4.98 Å². The van der Waals surface area contributed by atoms with Crippen molar-refractivity contribution in [3.8, 4) is 5.75 Å². The van der Waals surface area contributed by atoms with Crippen LogP contribution in [0.1, 0.15) is 0 Å². The summed E-state index contributed by atoms with van der Waals surface area (Å²) in [5.41, 5.74) is -0.210. The molecule has 7 heteroatoms. The molecule has 118 valence electrons. The molecule has 0 aliphatic rings. The van der Waals surface area contributed by atoms with Crippen LogP contribution in [0.5, 0.6) is 5.75 Å². The molecule has 0 aliphatic heterocycles. The number of nitrogens with zero attached hydrogens (tertiary/aromatic N) is 1. The summed E-state index contributed by atoms with van der Waals surface area (Å²) in [6.07, 6.45) is 1.51. The molecule has 0 unspecified atom stereocenters. The minimum Gasteiger partial charge on any atom is -0.496 e. The normalized spacial score (nSPS) is 10.8. The monoisotopic (exact) mass is 382 g/mol. The lowest BCUT2D eigenvalue weighted by Crippen LogP contribution is -2.01. The zero-order chi connectivity index (χ0) is 16.6. The van der Waals surface area contributed by atoms with Crippen molar-refractivity contribution in [3.63, 3.8) is 0 Å². The molecular formula is C16H10BrF3N2O. The van der Waals surface area contributed by atoms with Crippen LogP contribution in [0.3, 0.4) is 0 Å². The summed E-state index contributed by atoms with van der Waals surface area (Å²) in [5, 5.41) is 4.07. The second-order valence-electron chi connectivity index (χ2n) is 4.68. The molecule has 0 atom stereocenters. The Bertz CT molecular complexity index is 902. The number of ether oxygens (including phenoxy) is 1. The van der Waals surface area contributed by atoms with E-state index < -0.39 is 17.5 Å². The van der Waals surface area contributed by atoms with Gasteiger partial charge in [0.2, 0.25) is 0 Å². The van der Waals surface area contributed by atoms with Gasteiger partial charge in [-0.1, -0.05) is 15.9 Å². The second-order valence-corrected chi connectivity index (χ2v) is 5.53. The first-order chi connectivity index (χ1) is 11.0. The summed E-state index contributed by atoms with van der Waals surface area (Å²) < 4.78 is 46.2. The minimum atomic E-state index is -1.54. The molecule has 2 aromatic carbocycles. The number of fused-ring (bicyclic) bond motifs is 1. The van der Waals surface area contributed by atoms with Crippen LogP contribution in [0.15, 0.2) is 41.0 Å². The quantitative estimate of drug-likeness (QED) is 0.634. The van der Waals surface area contributed by atoms with E-state index in [0.717, 1.165) is 17.5 Å². The van der Waals surface area contributed by atoms with E-state index in [2.05, 4.69) is 26.2 Å². The Hall–Kier alpha value is -2.28. The van der Waals surface area contributed by atoms with Gasteiger partial charge in [0.15, 0.2) is 17.5 Å². The van der Waals surface area contributed by atoms with Gasteiger partial charge in [-0.05, 0) is 30.3 Å². The molecule has 0 fully saturated rings. The third kappa shape index (κ3) is 2.72. The molecule has 23 heavy (non-hydrogen) atoms. The average Bonchev–Trinajstić information content (AvgIpc) is 2.56. The Balaban J connectivity index is 2.16. The van der Waals surface area contributed by atoms with Gasteiger partial charge < -0.3 is 10.1 Å². The minimum absolute atomic E-state index is 0.210. The van der Waals surface area contributed by atoms with E-state index >= 15 is 0 Å². The lowest BCUT2D eigenvalue weighted by molar-refractivity contribution is 0.420. The number of halogens is 4. The summed E-state index contributed by atoms with van der Waals surface area (Å²) >= 11 is 3.41. The predicted octanol–water partition coefficient (Wildman–Crippen LogP) is 5.17. The molecule has 0 amide bonds. The fraction of sp³-hybridized carbons (Fsp3) is 0.0625. The molecule has 1 heterocycles. The molecule has 3 aromatic rings. The van der Waals surface area contributed by atoms with E-state index in [1.165, 1.54) is 13.3 Å². The molecule has 0 aliphatic carbocycles. The maximum absolute atomic E-state index is 13.9. The molecule has 0 saturated carbocycles. The van der Waals surface area contributed by atoms with Crippen molar-refractivity contribution in [2.24, 2.45) is 0 Å². The third-order valence-corrected chi connectivity index (χ3v) is 4.01. The highest BCUT2D eigenvalue weighted by molar-refractivity contribution is 9.10. The van der Waals surface area contributed by atoms with Gasteiger partial charge in [-0.3, -0.25) is 0 Å². The number of methoxy groups -OCH3 is 1. The smallest absolute Gasteiger partial charge is 0.196 e. The average molecular weight is 383 g/mol. The van der Waals surface area contributed by atoms with E-state index in [9.17, 15) is 13.2 Å². The van der Waals surface area contributed by atoms with Crippen molar-refractivity contribution < 1.29 is 17.9 Å². The second kappa shape index (κ2) is 6.08. The summed E-state index contributed by atoms with van der Waals surface area (Å²) in [6, 6.07) is 7.24. The highest BCUT2D eigenvalue weighted by Gasteiger charge is 2.16. The Morgan fingerprint density at radius 1 is 1.04 bits per heavy atom. The molecule has 3 nitrogen and oxygen atoms in total. The zero-order valence-corrected chi connectivity index (χ0v) is 13.4. The number of benzene rings is 2. The number of rotatable bonds is 3. The molecule has 1 aromatic heterocycles. The fourth-order valence-electron chi connectivity index (χ4n) is 2.25. The van der Waals surface area contributed by atoms with Gasteiger partial charge in [0.1, 0.15) is 11.6 Å². The highest BCUT2D eigenvalue weighted by atomic mass is 79.9. The van der Waals surface area contributed by atoms with E-state index in [1.54, 1.807) is 18.2 Å². The lowest BCUT2D eigenvalue weighted by Gasteiger charge is -2.13. The summed E-state index contributed by atoms with van der Waals surface area (Å²) in [6.45, 7) is 0. The maximum atomic E-state index is 13.9. The molecule has 1 N–H and O–H groups in total. The number of hydrogen-bond acceptors (Lipinski definition) is 3. The van der Waals surface area contributed by atoms with Crippen LogP contribution in [-0.2, 0) is 0 Å². The van der Waals surface area contributed by atoms with E-state index in [0.29, 0.717) is 15.6 Å². The molecule has 0 saturated heterocycles. The van der Waals surface area contributed by atoms with Gasteiger partial charge in [-0.15, -0.1) is 0 Å². The molecule has 3 rings (SSSR count). The van der Waals surface area contributed by atoms with Crippen LogP contribution in [0.2, 0.25) is 0 Å². The zero-order valence-electron chi connectivity index (χ0n) is 11.8. The topological polar surface area (TPSA) is 34.1 Å². The molecule has 0 spiro atoms. The lowest BCUT2D eigenvalue weighted by atomic mass is 10.1. The molecular weight excluding hydrogens is 373 g/mol. The highest BCUT2D eigenvalue weighted by Crippen LogP contribution is 2.36. The Labute approximate surface area is 138 Å². The predicted molar refractivity (Wildman–Crippen MR) is 85.6 cm³/mol. The van der Waals surface area contributed by atoms with Gasteiger partial charge in [0, 0.05) is 21.4 Å². The number of pyridine rings is 1. The standard InChI is InChI=1S/C16H10BrF3N2O/c1-23-12-5-2-9(17)13-8(12)6-7-21-16(13)22-11-4-3-10(18)14(19)15(11)20/h2-7H,1H3,(H,21,22). The van der Waals surface area contributed by atoms with Gasteiger partial charge in [0.25, 0.3) is 0 Å². The molecule has 0 radical (unpaired) electrons. The van der Waals surface area contributed by atoms with Crippen LogP contribution in [-0.4, -0.2) is 12.1 Å². The largest absolute Gasteiger partial charge is 0.496 e. The summed E-state index contributed by atoms with van der Waals surface area (Å²) in [7, 11) is 1.53. The van der Waals surface area contributed by atoms with Gasteiger partial charge in [0.05, 0.1) is 12.8 Å². The number of hydrogen-bond donors (Lipinski definition) is 1. The summed E-state index contributed by atoms with van der Waals surface area (Å²) in [4.78, 5) is 4.15. The van der Waals surface area contributed by atoms with Crippen LogP contribution < -0.4 is 10.1 Å². The number of aromatic nitrogens is 1. The van der Waals surface area contributed by atoms with Crippen LogP contribution >= 0.6 is 15.9 Å². The van der Waals surface area contributed by atoms with Crippen molar-refractivity contribution in [1.29, 1.82) is 0 Å². The van der Waals surface area contributed by atoms with Crippen molar-refractivity contribution in [2.75, 3.05) is 12.4 Å². The van der Waals surface area contributed by atoms with Crippen LogP contribution in [0.25, 0.3) is 10.8 Å². The first kappa shape index (κ1) is 15.6. The number of nitrogens with one attached hydrogen (secondary N) is 1. The maximum Gasteiger partial charge on any atom is 0.196 e. The Morgan fingerprint density at radius 2 is 1.83 bits per heavy atom. The Morgan fingerprint density at radius 3 is 2.57 bits per heavy atom. The summed E-state index contributed by atoms with van der Waals surface area (Å²) in [5.74, 6) is -3.19. The van der Waals surface area contributed by atoms with E-state index in [-0.39, 0.29) is 11.5 Å². The van der Waals surface area contributed by atoms with Gasteiger partial charge >= 0.3 is 0 Å². The number of anilines is 2.